The van der Waals surface area contributed by atoms with Gasteiger partial charge in [-0.05, 0) is 17.2 Å². The highest BCUT2D eigenvalue weighted by molar-refractivity contribution is 7.15. The second-order valence-electron chi connectivity index (χ2n) is 6.53. The van der Waals surface area contributed by atoms with E-state index in [2.05, 4.69) is 32.7 Å². The van der Waals surface area contributed by atoms with Gasteiger partial charge in [0.15, 0.2) is 5.01 Å². The predicted octanol–water partition coefficient (Wildman–Crippen LogP) is 4.45. The number of benzene rings is 2. The van der Waals surface area contributed by atoms with E-state index in [0.717, 1.165) is 28.0 Å². The minimum absolute atomic E-state index is 0.271. The number of rotatable bonds is 7. The Hall–Kier alpha value is -3.29. The summed E-state index contributed by atoms with van der Waals surface area (Å²) in [5, 5.41) is 16.4. The molecular formula is C22H18ClN5OS. The van der Waals surface area contributed by atoms with Crippen LogP contribution in [0, 0.1) is 0 Å². The molecule has 0 spiro atoms. The zero-order chi connectivity index (χ0) is 20.8. The third kappa shape index (κ3) is 5.20. The molecule has 30 heavy (non-hydrogen) atoms. The number of amides is 1. The Labute approximate surface area is 182 Å². The van der Waals surface area contributed by atoms with Gasteiger partial charge in [0, 0.05) is 18.3 Å². The number of aromatic nitrogens is 4. The fraction of sp³-hybridized carbons (Fsp3) is 0.0909. The number of carbonyl (C=O) groups excluding carboxylic acids is 1. The van der Waals surface area contributed by atoms with E-state index in [4.69, 9.17) is 11.6 Å². The lowest BCUT2D eigenvalue weighted by Gasteiger charge is -2.02. The maximum absolute atomic E-state index is 12.3. The highest BCUT2D eigenvalue weighted by Crippen LogP contribution is 2.25. The number of nitrogens with one attached hydrogen (secondary N) is 1. The van der Waals surface area contributed by atoms with Crippen molar-refractivity contribution in [1.29, 1.82) is 0 Å². The van der Waals surface area contributed by atoms with E-state index in [-0.39, 0.29) is 10.9 Å². The van der Waals surface area contributed by atoms with Gasteiger partial charge in [-0.2, -0.15) is 5.10 Å². The van der Waals surface area contributed by atoms with Crippen LogP contribution in [0.15, 0.2) is 73.1 Å². The summed E-state index contributed by atoms with van der Waals surface area (Å²) in [6.07, 6.45) is 5.41. The molecule has 2 heterocycles. The SMILES string of the molecule is O=C(NCc1ccccc1)c1nnc(/C(Cl)=C/c2cnn(Cc3ccccc3)c2)s1. The van der Waals surface area contributed by atoms with Crippen LogP contribution in [0.2, 0.25) is 0 Å². The molecule has 4 rings (SSSR count). The van der Waals surface area contributed by atoms with Crippen molar-refractivity contribution in [3.8, 4) is 0 Å². The Kier molecular flexibility index (Phi) is 6.32. The molecule has 150 valence electrons. The number of hydrogen-bond donors (Lipinski definition) is 1. The summed E-state index contributed by atoms with van der Waals surface area (Å²) < 4.78 is 1.84. The van der Waals surface area contributed by atoms with Crippen LogP contribution in [0.25, 0.3) is 11.1 Å². The number of halogens is 1. The topological polar surface area (TPSA) is 72.7 Å². The van der Waals surface area contributed by atoms with Gasteiger partial charge in [-0.15, -0.1) is 10.2 Å². The van der Waals surface area contributed by atoms with Gasteiger partial charge in [-0.25, -0.2) is 0 Å². The van der Waals surface area contributed by atoms with Gasteiger partial charge in [-0.3, -0.25) is 9.48 Å². The normalized spacial score (nSPS) is 11.4. The van der Waals surface area contributed by atoms with E-state index in [1.54, 1.807) is 12.3 Å². The van der Waals surface area contributed by atoms with E-state index in [9.17, 15) is 4.79 Å². The van der Waals surface area contributed by atoms with Gasteiger partial charge >= 0.3 is 0 Å². The zero-order valence-electron chi connectivity index (χ0n) is 15.9. The first-order chi connectivity index (χ1) is 14.7. The Balaban J connectivity index is 1.39. The Morgan fingerprint density at radius 2 is 1.67 bits per heavy atom. The molecule has 4 aromatic rings. The van der Waals surface area contributed by atoms with E-state index < -0.39 is 0 Å². The van der Waals surface area contributed by atoms with E-state index in [0.29, 0.717) is 23.1 Å². The molecule has 0 saturated heterocycles. The Bertz CT molecular complexity index is 1150. The van der Waals surface area contributed by atoms with Crippen molar-refractivity contribution in [2.45, 2.75) is 13.1 Å². The van der Waals surface area contributed by atoms with Crippen molar-refractivity contribution in [3.63, 3.8) is 0 Å². The lowest BCUT2D eigenvalue weighted by Crippen LogP contribution is -2.22. The molecule has 0 saturated carbocycles. The van der Waals surface area contributed by atoms with Crippen molar-refractivity contribution in [1.82, 2.24) is 25.3 Å². The summed E-state index contributed by atoms with van der Waals surface area (Å²) in [5.74, 6) is -0.275. The molecule has 0 fully saturated rings. The molecule has 0 bridgehead atoms. The second kappa shape index (κ2) is 9.47. The number of nitrogens with zero attached hydrogens (tertiary/aromatic N) is 4. The highest BCUT2D eigenvalue weighted by Gasteiger charge is 2.14. The molecule has 8 heteroatoms. The molecule has 1 N–H and O–H groups in total. The summed E-state index contributed by atoms with van der Waals surface area (Å²) in [6, 6.07) is 19.8. The van der Waals surface area contributed by atoms with Gasteiger partial charge in [0.05, 0.1) is 17.8 Å². The maximum Gasteiger partial charge on any atom is 0.282 e. The summed E-state index contributed by atoms with van der Waals surface area (Å²) in [4.78, 5) is 12.3. The minimum Gasteiger partial charge on any atom is -0.346 e. The third-order valence-electron chi connectivity index (χ3n) is 4.25. The molecule has 0 radical (unpaired) electrons. The molecule has 0 aliphatic carbocycles. The van der Waals surface area contributed by atoms with Crippen LogP contribution in [0.3, 0.4) is 0 Å². The minimum atomic E-state index is -0.275. The highest BCUT2D eigenvalue weighted by atomic mass is 35.5. The first kappa shape index (κ1) is 20.0. The molecule has 0 unspecified atom stereocenters. The summed E-state index contributed by atoms with van der Waals surface area (Å²) in [6.45, 7) is 1.11. The van der Waals surface area contributed by atoms with Gasteiger partial charge < -0.3 is 5.32 Å². The lowest BCUT2D eigenvalue weighted by atomic mass is 10.2. The average Bonchev–Trinajstić information content (AvgIpc) is 3.43. The van der Waals surface area contributed by atoms with Crippen molar-refractivity contribution in [2.24, 2.45) is 0 Å². The quantitative estimate of drug-likeness (QED) is 0.465. The van der Waals surface area contributed by atoms with Crippen LogP contribution < -0.4 is 5.32 Å². The number of hydrogen-bond acceptors (Lipinski definition) is 5. The fourth-order valence-corrected chi connectivity index (χ4v) is 3.73. The van der Waals surface area contributed by atoms with E-state index in [1.807, 2.05) is 59.4 Å². The molecule has 2 aromatic heterocycles. The molecule has 2 aromatic carbocycles. The van der Waals surface area contributed by atoms with Gasteiger partial charge in [-0.1, -0.05) is 83.6 Å². The molecule has 6 nitrogen and oxygen atoms in total. The molecule has 1 amide bonds. The van der Waals surface area contributed by atoms with Crippen LogP contribution >= 0.6 is 22.9 Å². The molecule has 0 aliphatic heterocycles. The summed E-state index contributed by atoms with van der Waals surface area (Å²) in [7, 11) is 0. The smallest absolute Gasteiger partial charge is 0.282 e. The van der Waals surface area contributed by atoms with Crippen LogP contribution in [0.1, 0.15) is 31.5 Å². The maximum atomic E-state index is 12.3. The predicted molar refractivity (Wildman–Crippen MR) is 119 cm³/mol. The summed E-state index contributed by atoms with van der Waals surface area (Å²) in [5.41, 5.74) is 3.03. The second-order valence-corrected chi connectivity index (χ2v) is 7.91. The lowest BCUT2D eigenvalue weighted by molar-refractivity contribution is 0.0950. The van der Waals surface area contributed by atoms with Crippen LogP contribution in [-0.4, -0.2) is 25.9 Å². The van der Waals surface area contributed by atoms with E-state index in [1.165, 1.54) is 0 Å². The first-order valence-corrected chi connectivity index (χ1v) is 10.5. The van der Waals surface area contributed by atoms with Gasteiger partial charge in [0.2, 0.25) is 5.01 Å². The van der Waals surface area contributed by atoms with Crippen molar-refractivity contribution in [3.05, 3.63) is 99.8 Å². The van der Waals surface area contributed by atoms with Crippen LogP contribution in [0.5, 0.6) is 0 Å². The van der Waals surface area contributed by atoms with Crippen molar-refractivity contribution < 1.29 is 4.79 Å². The third-order valence-corrected chi connectivity index (χ3v) is 5.61. The van der Waals surface area contributed by atoms with Gasteiger partial charge in [0.1, 0.15) is 0 Å². The Morgan fingerprint density at radius 3 is 2.40 bits per heavy atom. The van der Waals surface area contributed by atoms with Crippen LogP contribution in [-0.2, 0) is 13.1 Å². The van der Waals surface area contributed by atoms with Crippen molar-refractivity contribution in [2.75, 3.05) is 0 Å². The average molecular weight is 436 g/mol. The van der Waals surface area contributed by atoms with E-state index >= 15 is 0 Å². The van der Waals surface area contributed by atoms with Crippen molar-refractivity contribution >= 4 is 40.0 Å². The summed E-state index contributed by atoms with van der Waals surface area (Å²) >= 11 is 7.55. The monoisotopic (exact) mass is 435 g/mol. The standard InChI is InChI=1S/C22H18ClN5OS/c23-19(11-18-13-25-28(15-18)14-17-9-5-2-6-10-17)21-26-27-22(30-21)20(29)24-12-16-7-3-1-4-8-16/h1-11,13,15H,12,14H2,(H,24,29)/b19-11-. The first-order valence-electron chi connectivity index (χ1n) is 9.27. The molecule has 0 atom stereocenters. The fourth-order valence-electron chi connectivity index (χ4n) is 2.78. The number of carbonyl (C=O) groups is 1. The molecular weight excluding hydrogens is 418 g/mol. The van der Waals surface area contributed by atoms with Gasteiger partial charge in [0.25, 0.3) is 5.91 Å². The molecule has 0 aliphatic rings. The Morgan fingerprint density at radius 1 is 1.00 bits per heavy atom. The zero-order valence-corrected chi connectivity index (χ0v) is 17.5. The van der Waals surface area contributed by atoms with Crippen LogP contribution in [0.4, 0.5) is 0 Å². The largest absolute Gasteiger partial charge is 0.346 e.